The van der Waals surface area contributed by atoms with Gasteiger partial charge in [0.05, 0.1) is 11.1 Å². The molecule has 0 aromatic carbocycles. The highest BCUT2D eigenvalue weighted by atomic mass is 16.4. The van der Waals surface area contributed by atoms with Gasteiger partial charge in [0.2, 0.25) is 0 Å². The summed E-state index contributed by atoms with van der Waals surface area (Å²) in [7, 11) is 0. The second kappa shape index (κ2) is 4.08. The summed E-state index contributed by atoms with van der Waals surface area (Å²) in [4.78, 5) is 26.4. The Morgan fingerprint density at radius 2 is 1.95 bits per heavy atom. The summed E-state index contributed by atoms with van der Waals surface area (Å²) in [6.45, 7) is 0. The Morgan fingerprint density at radius 3 is 2.47 bits per heavy atom. The van der Waals surface area contributed by atoms with Gasteiger partial charge in [0.15, 0.2) is 5.69 Å². The number of nitrogens with zero attached hydrogens (tertiary/aromatic N) is 2. The third kappa shape index (κ3) is 1.76. The molecule has 2 heterocycles. The van der Waals surface area contributed by atoms with E-state index in [0.717, 1.165) is 19.3 Å². The number of hydrogen-bond donors (Lipinski definition) is 2. The summed E-state index contributed by atoms with van der Waals surface area (Å²) < 4.78 is 1.61. The number of pyridine rings is 1. The van der Waals surface area contributed by atoms with Crippen molar-refractivity contribution in [3.05, 3.63) is 35.4 Å². The SMILES string of the molecule is O=C(O)c1ccc2c(C(=O)O)nc(C3CCC3)n2c1. The zero-order valence-electron chi connectivity index (χ0n) is 10.0. The summed E-state index contributed by atoms with van der Waals surface area (Å²) in [5.41, 5.74) is 0.556. The van der Waals surface area contributed by atoms with Gasteiger partial charge in [-0.05, 0) is 25.0 Å². The number of aromatic carboxylic acids is 2. The molecule has 1 aliphatic rings. The van der Waals surface area contributed by atoms with Crippen LogP contribution in [0.4, 0.5) is 0 Å². The maximum Gasteiger partial charge on any atom is 0.356 e. The second-order valence-corrected chi connectivity index (χ2v) is 4.73. The average Bonchev–Trinajstić information content (AvgIpc) is 2.66. The largest absolute Gasteiger partial charge is 0.478 e. The number of imidazole rings is 1. The van der Waals surface area contributed by atoms with Crippen molar-refractivity contribution in [2.24, 2.45) is 0 Å². The van der Waals surface area contributed by atoms with Crippen LogP contribution in [0.5, 0.6) is 0 Å². The lowest BCUT2D eigenvalue weighted by atomic mass is 9.85. The molecule has 6 nitrogen and oxygen atoms in total. The van der Waals surface area contributed by atoms with Crippen LogP contribution in [0.1, 0.15) is 51.9 Å². The van der Waals surface area contributed by atoms with Crippen molar-refractivity contribution in [1.82, 2.24) is 9.38 Å². The molecular formula is C13H12N2O4. The van der Waals surface area contributed by atoms with Gasteiger partial charge >= 0.3 is 11.9 Å². The summed E-state index contributed by atoms with van der Waals surface area (Å²) in [6.07, 6.45) is 4.48. The number of fused-ring (bicyclic) bond motifs is 1. The van der Waals surface area contributed by atoms with Gasteiger partial charge in [-0.1, -0.05) is 6.42 Å². The van der Waals surface area contributed by atoms with E-state index >= 15 is 0 Å². The number of rotatable bonds is 3. The normalized spacial score (nSPS) is 15.4. The fraction of sp³-hybridized carbons (Fsp3) is 0.308. The third-order valence-corrected chi connectivity index (χ3v) is 3.58. The molecular weight excluding hydrogens is 248 g/mol. The lowest BCUT2D eigenvalue weighted by Crippen LogP contribution is -2.13. The average molecular weight is 260 g/mol. The van der Waals surface area contributed by atoms with Crippen LogP contribution < -0.4 is 0 Å². The summed E-state index contributed by atoms with van der Waals surface area (Å²) in [5.74, 6) is -1.25. The van der Waals surface area contributed by atoms with Crippen molar-refractivity contribution in [1.29, 1.82) is 0 Å². The van der Waals surface area contributed by atoms with E-state index in [2.05, 4.69) is 4.98 Å². The van der Waals surface area contributed by atoms with Crippen LogP contribution in [-0.4, -0.2) is 31.5 Å². The van der Waals surface area contributed by atoms with Crippen molar-refractivity contribution in [2.75, 3.05) is 0 Å². The second-order valence-electron chi connectivity index (χ2n) is 4.73. The monoisotopic (exact) mass is 260 g/mol. The van der Waals surface area contributed by atoms with E-state index in [1.54, 1.807) is 4.40 Å². The lowest BCUT2D eigenvalue weighted by Gasteiger charge is -2.23. The molecule has 6 heteroatoms. The summed E-state index contributed by atoms with van der Waals surface area (Å²) >= 11 is 0. The number of carboxylic acids is 2. The standard InChI is InChI=1S/C13H12N2O4/c16-12(17)8-4-5-9-10(13(18)19)14-11(15(9)6-8)7-2-1-3-7/h4-7H,1-3H2,(H,16,17)(H,18,19). The summed E-state index contributed by atoms with van der Waals surface area (Å²) in [5, 5.41) is 18.2. The molecule has 1 fully saturated rings. The molecule has 98 valence electrons. The first-order valence-electron chi connectivity index (χ1n) is 6.06. The third-order valence-electron chi connectivity index (χ3n) is 3.58. The van der Waals surface area contributed by atoms with Crippen LogP contribution >= 0.6 is 0 Å². The molecule has 0 bridgehead atoms. The van der Waals surface area contributed by atoms with Gasteiger partial charge in [0.1, 0.15) is 5.82 Å². The maximum absolute atomic E-state index is 11.2. The minimum atomic E-state index is -1.09. The molecule has 0 saturated heterocycles. The van der Waals surface area contributed by atoms with Crippen molar-refractivity contribution in [3.63, 3.8) is 0 Å². The fourth-order valence-electron chi connectivity index (χ4n) is 2.35. The van der Waals surface area contributed by atoms with E-state index < -0.39 is 11.9 Å². The number of carboxylic acid groups (broad SMARTS) is 2. The predicted octanol–water partition coefficient (Wildman–Crippen LogP) is 2.00. The molecule has 2 N–H and O–H groups in total. The van der Waals surface area contributed by atoms with Crippen LogP contribution in [0.15, 0.2) is 18.3 Å². The Bertz CT molecular complexity index is 685. The van der Waals surface area contributed by atoms with Gasteiger partial charge in [0.25, 0.3) is 0 Å². The number of hydrogen-bond acceptors (Lipinski definition) is 3. The van der Waals surface area contributed by atoms with Crippen LogP contribution in [0, 0.1) is 0 Å². The zero-order chi connectivity index (χ0) is 13.6. The van der Waals surface area contributed by atoms with Gasteiger partial charge in [-0.25, -0.2) is 14.6 Å². The van der Waals surface area contributed by atoms with Gasteiger partial charge in [0, 0.05) is 12.1 Å². The van der Waals surface area contributed by atoms with E-state index in [-0.39, 0.29) is 17.2 Å². The Labute approximate surface area is 108 Å². The molecule has 0 unspecified atom stereocenters. The number of aromatic nitrogens is 2. The topological polar surface area (TPSA) is 91.9 Å². The minimum Gasteiger partial charge on any atom is -0.478 e. The Morgan fingerprint density at radius 1 is 1.21 bits per heavy atom. The molecule has 2 aromatic heterocycles. The van der Waals surface area contributed by atoms with Gasteiger partial charge in [-0.3, -0.25) is 0 Å². The van der Waals surface area contributed by atoms with Crippen LogP contribution in [0.25, 0.3) is 5.52 Å². The van der Waals surface area contributed by atoms with E-state index in [4.69, 9.17) is 10.2 Å². The van der Waals surface area contributed by atoms with E-state index in [9.17, 15) is 9.59 Å². The van der Waals surface area contributed by atoms with Crippen molar-refractivity contribution >= 4 is 17.5 Å². The highest BCUT2D eigenvalue weighted by Crippen LogP contribution is 2.36. The fourth-order valence-corrected chi connectivity index (χ4v) is 2.35. The van der Waals surface area contributed by atoms with Gasteiger partial charge in [-0.15, -0.1) is 0 Å². The van der Waals surface area contributed by atoms with E-state index in [1.165, 1.54) is 18.3 Å². The highest BCUT2D eigenvalue weighted by Gasteiger charge is 2.27. The first kappa shape index (κ1) is 11.7. The highest BCUT2D eigenvalue weighted by molar-refractivity contribution is 5.95. The molecule has 3 rings (SSSR count). The minimum absolute atomic E-state index is 0.0150. The molecule has 2 aromatic rings. The zero-order valence-corrected chi connectivity index (χ0v) is 10.0. The Kier molecular flexibility index (Phi) is 2.51. The van der Waals surface area contributed by atoms with E-state index in [1.807, 2.05) is 0 Å². The quantitative estimate of drug-likeness (QED) is 0.880. The van der Waals surface area contributed by atoms with E-state index in [0.29, 0.717) is 11.3 Å². The molecule has 0 spiro atoms. The Hall–Kier alpha value is -2.37. The lowest BCUT2D eigenvalue weighted by molar-refractivity contribution is 0.0684. The molecule has 0 aliphatic heterocycles. The van der Waals surface area contributed by atoms with Crippen molar-refractivity contribution in [3.8, 4) is 0 Å². The smallest absolute Gasteiger partial charge is 0.356 e. The van der Waals surface area contributed by atoms with Crippen LogP contribution in [-0.2, 0) is 0 Å². The Balaban J connectivity index is 2.25. The van der Waals surface area contributed by atoms with Gasteiger partial charge < -0.3 is 14.6 Å². The first-order chi connectivity index (χ1) is 9.08. The van der Waals surface area contributed by atoms with Crippen molar-refractivity contribution in [2.45, 2.75) is 25.2 Å². The summed E-state index contributed by atoms with van der Waals surface area (Å²) in [6, 6.07) is 2.90. The molecule has 0 radical (unpaired) electrons. The molecule has 1 aliphatic carbocycles. The first-order valence-corrected chi connectivity index (χ1v) is 6.06. The molecule has 1 saturated carbocycles. The van der Waals surface area contributed by atoms with Gasteiger partial charge in [-0.2, -0.15) is 0 Å². The van der Waals surface area contributed by atoms with Crippen molar-refractivity contribution < 1.29 is 19.8 Å². The molecule has 0 atom stereocenters. The van der Waals surface area contributed by atoms with Crippen LogP contribution in [0.3, 0.4) is 0 Å². The van der Waals surface area contributed by atoms with Crippen LogP contribution in [0.2, 0.25) is 0 Å². The maximum atomic E-state index is 11.2. The number of carbonyl (C=O) groups is 2. The predicted molar refractivity (Wildman–Crippen MR) is 65.7 cm³/mol. The molecule has 0 amide bonds. The molecule has 19 heavy (non-hydrogen) atoms.